The lowest BCUT2D eigenvalue weighted by Crippen LogP contribution is -2.25. The predicted molar refractivity (Wildman–Crippen MR) is 95.5 cm³/mol. The van der Waals surface area contributed by atoms with Gasteiger partial charge in [0.1, 0.15) is 0 Å². The van der Waals surface area contributed by atoms with Crippen molar-refractivity contribution in [2.45, 2.75) is 20.3 Å². The van der Waals surface area contributed by atoms with E-state index in [9.17, 15) is 4.79 Å². The molecule has 2 heterocycles. The molecule has 1 aromatic carbocycles. The number of pyridine rings is 1. The lowest BCUT2D eigenvalue weighted by molar-refractivity contribution is 0.0954. The van der Waals surface area contributed by atoms with E-state index in [-0.39, 0.29) is 5.91 Å². The van der Waals surface area contributed by atoms with E-state index in [0.717, 1.165) is 6.42 Å². The van der Waals surface area contributed by atoms with Crippen LogP contribution in [-0.4, -0.2) is 22.0 Å². The maximum absolute atomic E-state index is 12.1. The number of nitrogens with one attached hydrogen (secondary N) is 1. The summed E-state index contributed by atoms with van der Waals surface area (Å²) in [4.78, 5) is 16.0. The molecule has 3 rings (SSSR count). The quantitative estimate of drug-likeness (QED) is 0.783. The van der Waals surface area contributed by atoms with Gasteiger partial charge in [-0.25, -0.2) is 0 Å². The Hall–Kier alpha value is -2.88. The highest BCUT2D eigenvalue weighted by Gasteiger charge is 2.11. The third kappa shape index (κ3) is 3.38. The molecule has 2 aromatic heterocycles. The van der Waals surface area contributed by atoms with Crippen molar-refractivity contribution in [2.75, 3.05) is 6.54 Å². The molecular weight excluding hydrogens is 298 g/mol. The molecule has 0 unspecified atom stereocenters. The Morgan fingerprint density at radius 2 is 1.79 bits per heavy atom. The third-order valence-corrected chi connectivity index (χ3v) is 4.17. The SMILES string of the molecule is Cc1cc(CCNC(=O)c2ccncc2)c(C)n1-c1ccccc1. The fourth-order valence-electron chi connectivity index (χ4n) is 2.97. The molecule has 0 aliphatic heterocycles. The first-order valence-electron chi connectivity index (χ1n) is 8.08. The Labute approximate surface area is 142 Å². The lowest BCUT2D eigenvalue weighted by Gasteiger charge is -2.10. The number of benzene rings is 1. The Kier molecular flexibility index (Phi) is 4.75. The van der Waals surface area contributed by atoms with Crippen LogP contribution in [0.3, 0.4) is 0 Å². The first-order chi connectivity index (χ1) is 11.7. The van der Waals surface area contributed by atoms with Crippen LogP contribution >= 0.6 is 0 Å². The predicted octanol–water partition coefficient (Wildman–Crippen LogP) is 3.46. The van der Waals surface area contributed by atoms with Crippen LogP contribution in [0.5, 0.6) is 0 Å². The van der Waals surface area contributed by atoms with Crippen LogP contribution in [-0.2, 0) is 6.42 Å². The largest absolute Gasteiger partial charge is 0.352 e. The normalized spacial score (nSPS) is 10.6. The molecule has 1 N–H and O–H groups in total. The summed E-state index contributed by atoms with van der Waals surface area (Å²) in [6.45, 7) is 4.85. The van der Waals surface area contributed by atoms with Crippen molar-refractivity contribution in [1.82, 2.24) is 14.9 Å². The van der Waals surface area contributed by atoms with E-state index in [1.54, 1.807) is 24.5 Å². The summed E-state index contributed by atoms with van der Waals surface area (Å²) in [5, 5.41) is 2.97. The summed E-state index contributed by atoms with van der Waals surface area (Å²) < 4.78 is 2.25. The van der Waals surface area contributed by atoms with E-state index in [1.165, 1.54) is 22.6 Å². The summed E-state index contributed by atoms with van der Waals surface area (Å²) >= 11 is 0. The van der Waals surface area contributed by atoms with Gasteiger partial charge in [-0.3, -0.25) is 9.78 Å². The molecule has 0 aliphatic carbocycles. The van der Waals surface area contributed by atoms with Crippen molar-refractivity contribution in [1.29, 1.82) is 0 Å². The van der Waals surface area contributed by atoms with Gasteiger partial charge >= 0.3 is 0 Å². The number of para-hydroxylation sites is 1. The Balaban J connectivity index is 1.68. The second-order valence-electron chi connectivity index (χ2n) is 5.81. The van der Waals surface area contributed by atoms with Gasteiger partial charge in [-0.15, -0.1) is 0 Å². The van der Waals surface area contributed by atoms with E-state index in [2.05, 4.69) is 46.9 Å². The smallest absolute Gasteiger partial charge is 0.251 e. The molecule has 0 atom stereocenters. The highest BCUT2D eigenvalue weighted by atomic mass is 16.1. The van der Waals surface area contributed by atoms with Gasteiger partial charge in [0.15, 0.2) is 0 Å². The standard InChI is InChI=1S/C20H21N3O/c1-15-14-18(16(2)23(15)19-6-4-3-5-7-19)10-13-22-20(24)17-8-11-21-12-9-17/h3-9,11-12,14H,10,13H2,1-2H3,(H,22,24). The Morgan fingerprint density at radius 1 is 1.08 bits per heavy atom. The topological polar surface area (TPSA) is 46.9 Å². The van der Waals surface area contributed by atoms with Crippen LogP contribution in [0.1, 0.15) is 27.3 Å². The summed E-state index contributed by atoms with van der Waals surface area (Å²) in [7, 11) is 0. The minimum atomic E-state index is -0.0609. The first kappa shape index (κ1) is 16.0. The van der Waals surface area contributed by atoms with E-state index in [1.807, 2.05) is 18.2 Å². The van der Waals surface area contributed by atoms with E-state index in [0.29, 0.717) is 12.1 Å². The summed E-state index contributed by atoms with van der Waals surface area (Å²) in [5.74, 6) is -0.0609. The van der Waals surface area contributed by atoms with Crippen LogP contribution in [0.2, 0.25) is 0 Å². The number of nitrogens with zero attached hydrogens (tertiary/aromatic N) is 2. The van der Waals surface area contributed by atoms with E-state index >= 15 is 0 Å². The molecule has 3 aromatic rings. The molecule has 0 bridgehead atoms. The monoisotopic (exact) mass is 319 g/mol. The van der Waals surface area contributed by atoms with Gasteiger partial charge in [0.25, 0.3) is 5.91 Å². The number of aryl methyl sites for hydroxylation is 1. The van der Waals surface area contributed by atoms with Gasteiger partial charge in [0.2, 0.25) is 0 Å². The van der Waals surface area contributed by atoms with Crippen molar-refractivity contribution >= 4 is 5.91 Å². The highest BCUT2D eigenvalue weighted by molar-refractivity contribution is 5.93. The molecule has 24 heavy (non-hydrogen) atoms. The number of hydrogen-bond donors (Lipinski definition) is 1. The van der Waals surface area contributed by atoms with Crippen molar-refractivity contribution in [3.8, 4) is 5.69 Å². The molecule has 122 valence electrons. The molecule has 0 saturated carbocycles. The van der Waals surface area contributed by atoms with Crippen molar-refractivity contribution < 1.29 is 4.79 Å². The first-order valence-corrected chi connectivity index (χ1v) is 8.08. The van der Waals surface area contributed by atoms with Crippen LogP contribution < -0.4 is 5.32 Å². The summed E-state index contributed by atoms with van der Waals surface area (Å²) in [6, 6.07) is 16.0. The highest BCUT2D eigenvalue weighted by Crippen LogP contribution is 2.20. The molecule has 0 saturated heterocycles. The zero-order valence-electron chi connectivity index (χ0n) is 14.0. The van der Waals surface area contributed by atoms with Gasteiger partial charge in [-0.05, 0) is 56.2 Å². The average molecular weight is 319 g/mol. The Bertz CT molecular complexity index is 823. The van der Waals surface area contributed by atoms with Crippen LogP contribution in [0.15, 0.2) is 60.9 Å². The molecule has 0 radical (unpaired) electrons. The second-order valence-corrected chi connectivity index (χ2v) is 5.81. The minimum absolute atomic E-state index is 0.0609. The minimum Gasteiger partial charge on any atom is -0.352 e. The zero-order valence-corrected chi connectivity index (χ0v) is 14.0. The van der Waals surface area contributed by atoms with Crippen molar-refractivity contribution in [3.05, 3.63) is 83.4 Å². The second kappa shape index (κ2) is 7.13. The molecule has 4 heteroatoms. The molecule has 4 nitrogen and oxygen atoms in total. The number of amides is 1. The van der Waals surface area contributed by atoms with E-state index < -0.39 is 0 Å². The number of rotatable bonds is 5. The van der Waals surface area contributed by atoms with Gasteiger partial charge in [0, 0.05) is 41.6 Å². The van der Waals surface area contributed by atoms with Crippen LogP contribution in [0.4, 0.5) is 0 Å². The van der Waals surface area contributed by atoms with Crippen molar-refractivity contribution in [3.63, 3.8) is 0 Å². The number of aromatic nitrogens is 2. The molecule has 0 spiro atoms. The molecular formula is C20H21N3O. The van der Waals surface area contributed by atoms with E-state index in [4.69, 9.17) is 0 Å². The maximum atomic E-state index is 12.1. The molecule has 1 amide bonds. The average Bonchev–Trinajstić information content (AvgIpc) is 2.90. The fourth-order valence-corrected chi connectivity index (χ4v) is 2.97. The van der Waals surface area contributed by atoms with Gasteiger partial charge in [-0.1, -0.05) is 18.2 Å². The van der Waals surface area contributed by atoms with Gasteiger partial charge < -0.3 is 9.88 Å². The van der Waals surface area contributed by atoms with Gasteiger partial charge in [-0.2, -0.15) is 0 Å². The zero-order chi connectivity index (χ0) is 16.9. The molecule has 0 aliphatic rings. The fraction of sp³-hybridized carbons (Fsp3) is 0.200. The maximum Gasteiger partial charge on any atom is 0.251 e. The van der Waals surface area contributed by atoms with Crippen LogP contribution in [0, 0.1) is 13.8 Å². The lowest BCUT2D eigenvalue weighted by atomic mass is 10.1. The summed E-state index contributed by atoms with van der Waals surface area (Å²) in [6.07, 6.45) is 4.06. The molecule has 0 fully saturated rings. The van der Waals surface area contributed by atoms with Crippen molar-refractivity contribution in [2.24, 2.45) is 0 Å². The van der Waals surface area contributed by atoms with Crippen LogP contribution in [0.25, 0.3) is 5.69 Å². The number of carbonyl (C=O) groups excluding carboxylic acids is 1. The number of hydrogen-bond acceptors (Lipinski definition) is 2. The Morgan fingerprint density at radius 3 is 2.50 bits per heavy atom. The number of carbonyl (C=O) groups is 1. The summed E-state index contributed by atoms with van der Waals surface area (Å²) in [5.41, 5.74) is 5.48. The third-order valence-electron chi connectivity index (χ3n) is 4.17. The van der Waals surface area contributed by atoms with Gasteiger partial charge in [0.05, 0.1) is 0 Å².